The van der Waals surface area contributed by atoms with E-state index in [2.05, 4.69) is 61.0 Å². The second-order valence-electron chi connectivity index (χ2n) is 8.46. The van der Waals surface area contributed by atoms with E-state index in [1.807, 2.05) is 39.8 Å². The fourth-order valence-electron chi connectivity index (χ4n) is 3.51. The first-order chi connectivity index (χ1) is 14.2. The summed E-state index contributed by atoms with van der Waals surface area (Å²) in [5.41, 5.74) is 3.58. The molecule has 0 unspecified atom stereocenters. The zero-order valence-electron chi connectivity index (χ0n) is 18.7. The Bertz CT molecular complexity index is 976. The van der Waals surface area contributed by atoms with Crippen molar-refractivity contribution in [1.29, 1.82) is 0 Å². The average Bonchev–Trinajstić information content (AvgIpc) is 3.21. The van der Waals surface area contributed by atoms with E-state index in [-0.39, 0.29) is 23.0 Å². The summed E-state index contributed by atoms with van der Waals surface area (Å²) in [7, 11) is 0.0200. The standard InChI is InChI=1S/C26H31O3S/c1-18(2)21-9-11-22(12-10-21)26(5,6)29-24(27)17-28-25-19(3)15-23(16-20(25)4)30-13-7-8-14-30/h7-16,18H,17H2,1-6H3/q+1. The predicted octanol–water partition coefficient (Wildman–Crippen LogP) is 7.02. The lowest BCUT2D eigenvalue weighted by Crippen LogP contribution is -2.28. The molecule has 0 saturated carbocycles. The van der Waals surface area contributed by atoms with Crippen molar-refractivity contribution in [2.75, 3.05) is 6.61 Å². The van der Waals surface area contributed by atoms with Crippen molar-refractivity contribution >= 4 is 16.4 Å². The second kappa shape index (κ2) is 9.05. The minimum Gasteiger partial charge on any atom is -0.481 e. The summed E-state index contributed by atoms with van der Waals surface area (Å²) >= 11 is 0. The molecule has 0 spiro atoms. The van der Waals surface area contributed by atoms with E-state index in [9.17, 15) is 4.79 Å². The average molecular weight is 424 g/mol. The molecule has 0 aliphatic rings. The molecule has 0 radical (unpaired) electrons. The van der Waals surface area contributed by atoms with Crippen molar-refractivity contribution in [2.45, 2.75) is 53.1 Å². The summed E-state index contributed by atoms with van der Waals surface area (Å²) in [6.07, 6.45) is 0. The van der Waals surface area contributed by atoms with Gasteiger partial charge in [-0.25, -0.2) is 4.79 Å². The van der Waals surface area contributed by atoms with Crippen LogP contribution in [-0.4, -0.2) is 12.6 Å². The maximum absolute atomic E-state index is 12.5. The van der Waals surface area contributed by atoms with Gasteiger partial charge in [0.25, 0.3) is 0 Å². The summed E-state index contributed by atoms with van der Waals surface area (Å²) in [5.74, 6) is 0.849. The van der Waals surface area contributed by atoms with Crippen molar-refractivity contribution in [3.63, 3.8) is 0 Å². The Morgan fingerprint density at radius 3 is 2.10 bits per heavy atom. The topological polar surface area (TPSA) is 35.5 Å². The number of esters is 1. The highest BCUT2D eigenvalue weighted by Gasteiger charge is 2.26. The van der Waals surface area contributed by atoms with Crippen LogP contribution < -0.4 is 4.74 Å². The number of benzene rings is 2. The Hall–Kier alpha value is -2.59. The summed E-state index contributed by atoms with van der Waals surface area (Å²) in [6.45, 7) is 12.1. The van der Waals surface area contributed by atoms with Gasteiger partial charge in [0.15, 0.2) is 11.5 Å². The quantitative estimate of drug-likeness (QED) is 0.302. The number of thiophene rings is 1. The number of carbonyl (C=O) groups is 1. The van der Waals surface area contributed by atoms with E-state index in [0.29, 0.717) is 5.92 Å². The highest BCUT2D eigenvalue weighted by Crippen LogP contribution is 2.36. The highest BCUT2D eigenvalue weighted by atomic mass is 32.2. The van der Waals surface area contributed by atoms with Crippen molar-refractivity contribution in [3.05, 3.63) is 81.5 Å². The van der Waals surface area contributed by atoms with E-state index in [1.54, 1.807) is 0 Å². The molecular weight excluding hydrogens is 392 g/mol. The molecule has 158 valence electrons. The third kappa shape index (κ3) is 5.11. The molecular formula is C26H31O3S+. The SMILES string of the molecule is Cc1cc(-[s+]2cccc2)cc(C)c1OCC(=O)OC(C)(C)c1ccc(C(C)C)cc1. The maximum Gasteiger partial charge on any atom is 0.345 e. The van der Waals surface area contributed by atoms with Gasteiger partial charge in [-0.1, -0.05) is 38.1 Å². The number of ether oxygens (including phenoxy) is 2. The van der Waals surface area contributed by atoms with Crippen LogP contribution in [0.1, 0.15) is 55.9 Å². The molecule has 3 nitrogen and oxygen atoms in total. The third-order valence-corrected chi connectivity index (χ3v) is 6.92. The van der Waals surface area contributed by atoms with Gasteiger partial charge in [0, 0.05) is 22.6 Å². The van der Waals surface area contributed by atoms with E-state index >= 15 is 0 Å². The van der Waals surface area contributed by atoms with Gasteiger partial charge < -0.3 is 9.47 Å². The molecule has 0 fully saturated rings. The summed E-state index contributed by atoms with van der Waals surface area (Å²) < 4.78 is 11.6. The molecule has 1 heterocycles. The Labute approximate surface area is 182 Å². The van der Waals surface area contributed by atoms with Gasteiger partial charge in [-0.2, -0.15) is 0 Å². The molecule has 0 saturated heterocycles. The van der Waals surface area contributed by atoms with Gasteiger partial charge in [0.05, 0.1) is 0 Å². The molecule has 0 amide bonds. The lowest BCUT2D eigenvalue weighted by molar-refractivity contribution is -0.159. The fourth-order valence-corrected chi connectivity index (χ4v) is 5.06. The number of hydrogen-bond acceptors (Lipinski definition) is 3. The Kier molecular flexibility index (Phi) is 6.67. The third-order valence-electron chi connectivity index (χ3n) is 5.24. The summed E-state index contributed by atoms with van der Waals surface area (Å²) in [5, 5.41) is 4.39. The minimum atomic E-state index is -0.716. The van der Waals surface area contributed by atoms with Gasteiger partial charge in [-0.05, 0) is 68.0 Å². The van der Waals surface area contributed by atoms with Gasteiger partial charge in [0.1, 0.15) is 22.1 Å². The zero-order valence-corrected chi connectivity index (χ0v) is 19.5. The van der Waals surface area contributed by atoms with Crippen LogP contribution in [0.25, 0.3) is 4.90 Å². The zero-order chi connectivity index (χ0) is 21.9. The van der Waals surface area contributed by atoms with Crippen LogP contribution in [0.5, 0.6) is 5.75 Å². The molecule has 3 aromatic rings. The monoisotopic (exact) mass is 423 g/mol. The first kappa shape index (κ1) is 22.1. The van der Waals surface area contributed by atoms with Gasteiger partial charge in [-0.15, -0.1) is 0 Å². The van der Waals surface area contributed by atoms with Crippen LogP contribution in [0.3, 0.4) is 0 Å². The fraction of sp³-hybridized carbons (Fsp3) is 0.346. The van der Waals surface area contributed by atoms with Crippen LogP contribution in [0.15, 0.2) is 59.3 Å². The largest absolute Gasteiger partial charge is 0.481 e. The van der Waals surface area contributed by atoms with Gasteiger partial charge >= 0.3 is 5.97 Å². The number of carbonyl (C=O) groups excluding carboxylic acids is 1. The van der Waals surface area contributed by atoms with Crippen molar-refractivity contribution in [2.24, 2.45) is 0 Å². The molecule has 3 rings (SSSR count). The normalized spacial score (nSPS) is 11.6. The molecule has 0 atom stereocenters. The van der Waals surface area contributed by atoms with Crippen molar-refractivity contribution in [1.82, 2.24) is 0 Å². The lowest BCUT2D eigenvalue weighted by atomic mass is 9.94. The molecule has 4 heteroatoms. The van der Waals surface area contributed by atoms with Crippen LogP contribution in [-0.2, 0) is 15.1 Å². The molecule has 30 heavy (non-hydrogen) atoms. The lowest BCUT2D eigenvalue weighted by Gasteiger charge is -2.26. The highest BCUT2D eigenvalue weighted by molar-refractivity contribution is 7.36. The van der Waals surface area contributed by atoms with Crippen LogP contribution >= 0.6 is 10.5 Å². The maximum atomic E-state index is 12.5. The van der Waals surface area contributed by atoms with Crippen LogP contribution in [0, 0.1) is 13.8 Å². The van der Waals surface area contributed by atoms with E-state index in [0.717, 1.165) is 22.4 Å². The summed E-state index contributed by atoms with van der Waals surface area (Å²) in [4.78, 5) is 13.8. The van der Waals surface area contributed by atoms with Crippen LogP contribution in [0.2, 0.25) is 0 Å². The smallest absolute Gasteiger partial charge is 0.345 e. The first-order valence-electron chi connectivity index (χ1n) is 10.3. The van der Waals surface area contributed by atoms with E-state index in [1.165, 1.54) is 10.5 Å². The Morgan fingerprint density at radius 2 is 1.57 bits per heavy atom. The molecule has 0 aliphatic carbocycles. The van der Waals surface area contributed by atoms with E-state index in [4.69, 9.17) is 9.47 Å². The molecule has 2 aromatic carbocycles. The van der Waals surface area contributed by atoms with Gasteiger partial charge in [-0.3, -0.25) is 0 Å². The molecule has 0 N–H and O–H groups in total. The molecule has 1 aromatic heterocycles. The Balaban J connectivity index is 1.65. The Morgan fingerprint density at radius 1 is 1.00 bits per heavy atom. The first-order valence-corrected chi connectivity index (χ1v) is 11.7. The van der Waals surface area contributed by atoms with Gasteiger partial charge in [0.2, 0.25) is 0 Å². The number of aryl methyl sites for hydroxylation is 2. The molecule has 0 bridgehead atoms. The number of rotatable bonds is 7. The molecule has 0 aliphatic heterocycles. The number of hydrogen-bond donors (Lipinski definition) is 0. The summed E-state index contributed by atoms with van der Waals surface area (Å²) in [6, 6.07) is 16.7. The second-order valence-corrected chi connectivity index (χ2v) is 10.2. The van der Waals surface area contributed by atoms with E-state index < -0.39 is 5.60 Å². The van der Waals surface area contributed by atoms with Crippen LogP contribution in [0.4, 0.5) is 0 Å². The minimum absolute atomic E-state index is 0.0200. The predicted molar refractivity (Wildman–Crippen MR) is 125 cm³/mol. The van der Waals surface area contributed by atoms with Crippen molar-refractivity contribution in [3.8, 4) is 10.6 Å². The van der Waals surface area contributed by atoms with Crippen molar-refractivity contribution < 1.29 is 14.3 Å².